The van der Waals surface area contributed by atoms with Gasteiger partial charge >= 0.3 is 0 Å². The van der Waals surface area contributed by atoms with Crippen LogP contribution in [0.1, 0.15) is 44.3 Å². The summed E-state index contributed by atoms with van der Waals surface area (Å²) in [6.45, 7) is 3.35. The highest BCUT2D eigenvalue weighted by Crippen LogP contribution is 2.33. The predicted molar refractivity (Wildman–Crippen MR) is 66.5 cm³/mol. The second kappa shape index (κ2) is 5.92. The lowest BCUT2D eigenvalue weighted by Crippen LogP contribution is -2.15. The third kappa shape index (κ3) is 3.13. The van der Waals surface area contributed by atoms with E-state index >= 15 is 0 Å². The topological polar surface area (TPSA) is 38.7 Å². The lowest BCUT2D eigenvalue weighted by atomic mass is 10.0. The van der Waals surface area contributed by atoms with Crippen LogP contribution in [0.4, 0.5) is 0 Å². The van der Waals surface area contributed by atoms with Crippen molar-refractivity contribution in [2.24, 2.45) is 0 Å². The molecule has 0 aromatic heterocycles. The summed E-state index contributed by atoms with van der Waals surface area (Å²) in [6.07, 6.45) is 3.83. The molecule has 0 saturated heterocycles. The Morgan fingerprint density at radius 1 is 1.18 bits per heavy atom. The Morgan fingerprint density at radius 2 is 1.94 bits per heavy atom. The first-order chi connectivity index (χ1) is 8.31. The fourth-order valence-electron chi connectivity index (χ4n) is 2.02. The zero-order valence-electron chi connectivity index (χ0n) is 10.3. The smallest absolute Gasteiger partial charge is 0.161 e. The average Bonchev–Trinajstić information content (AvgIpc) is 2.38. The molecular formula is C14H20O3. The molecule has 1 N–H and O–H groups in total. The summed E-state index contributed by atoms with van der Waals surface area (Å²) in [5.74, 6) is 1.53. The van der Waals surface area contributed by atoms with Crippen molar-refractivity contribution in [1.29, 1.82) is 0 Å². The summed E-state index contributed by atoms with van der Waals surface area (Å²) < 4.78 is 11.0. The minimum Gasteiger partial charge on any atom is -0.486 e. The molecule has 1 aromatic rings. The van der Waals surface area contributed by atoms with Gasteiger partial charge in [0, 0.05) is 0 Å². The van der Waals surface area contributed by atoms with Gasteiger partial charge in [0.2, 0.25) is 0 Å². The number of unbranched alkanes of at least 4 members (excludes halogenated alkanes) is 2. The maximum absolute atomic E-state index is 10.1. The Kier molecular flexibility index (Phi) is 4.26. The first-order valence-corrected chi connectivity index (χ1v) is 6.39. The highest BCUT2D eigenvalue weighted by molar-refractivity contribution is 5.44. The van der Waals surface area contributed by atoms with E-state index in [1.807, 2.05) is 18.2 Å². The summed E-state index contributed by atoms with van der Waals surface area (Å²) >= 11 is 0. The molecule has 1 aliphatic heterocycles. The molecule has 0 bridgehead atoms. The van der Waals surface area contributed by atoms with Gasteiger partial charge in [0.15, 0.2) is 11.5 Å². The number of fused-ring (bicyclic) bond motifs is 1. The second-order valence-electron chi connectivity index (χ2n) is 4.41. The van der Waals surface area contributed by atoms with Crippen molar-refractivity contribution in [3.05, 3.63) is 23.8 Å². The first kappa shape index (κ1) is 12.2. The number of benzene rings is 1. The quantitative estimate of drug-likeness (QED) is 0.798. The fourth-order valence-corrected chi connectivity index (χ4v) is 2.02. The molecule has 1 aromatic carbocycles. The molecule has 0 saturated carbocycles. The maximum atomic E-state index is 10.1. The van der Waals surface area contributed by atoms with Gasteiger partial charge in [-0.05, 0) is 24.1 Å². The zero-order chi connectivity index (χ0) is 12.1. The van der Waals surface area contributed by atoms with Crippen LogP contribution in [0, 0.1) is 0 Å². The number of aliphatic hydroxyl groups is 1. The highest BCUT2D eigenvalue weighted by atomic mass is 16.6. The zero-order valence-corrected chi connectivity index (χ0v) is 10.3. The largest absolute Gasteiger partial charge is 0.486 e. The Balaban J connectivity index is 2.00. The molecule has 0 amide bonds. The molecule has 1 heterocycles. The van der Waals surface area contributed by atoms with Crippen molar-refractivity contribution in [2.75, 3.05) is 13.2 Å². The predicted octanol–water partition coefficient (Wildman–Crippen LogP) is 3.07. The van der Waals surface area contributed by atoms with Crippen molar-refractivity contribution >= 4 is 0 Å². The molecule has 1 unspecified atom stereocenters. The van der Waals surface area contributed by atoms with Crippen LogP contribution in [-0.4, -0.2) is 18.3 Å². The number of rotatable bonds is 5. The number of aliphatic hydroxyl groups excluding tert-OH is 1. The molecule has 94 valence electrons. The normalized spacial score (nSPS) is 15.6. The van der Waals surface area contributed by atoms with E-state index in [-0.39, 0.29) is 0 Å². The van der Waals surface area contributed by atoms with Gasteiger partial charge < -0.3 is 14.6 Å². The first-order valence-electron chi connectivity index (χ1n) is 6.39. The third-order valence-corrected chi connectivity index (χ3v) is 3.03. The van der Waals surface area contributed by atoms with Gasteiger partial charge in [-0.2, -0.15) is 0 Å². The summed E-state index contributed by atoms with van der Waals surface area (Å²) in [4.78, 5) is 0. The molecule has 17 heavy (non-hydrogen) atoms. The van der Waals surface area contributed by atoms with Crippen LogP contribution in [0.2, 0.25) is 0 Å². The van der Waals surface area contributed by atoms with E-state index in [0.717, 1.165) is 29.9 Å². The Morgan fingerprint density at radius 3 is 2.71 bits per heavy atom. The molecule has 1 aliphatic rings. The van der Waals surface area contributed by atoms with E-state index in [9.17, 15) is 5.11 Å². The molecule has 0 spiro atoms. The maximum Gasteiger partial charge on any atom is 0.161 e. The van der Waals surface area contributed by atoms with Crippen molar-refractivity contribution in [3.63, 3.8) is 0 Å². The van der Waals surface area contributed by atoms with Crippen molar-refractivity contribution in [2.45, 2.75) is 38.7 Å². The van der Waals surface area contributed by atoms with E-state index in [1.54, 1.807) is 0 Å². The van der Waals surface area contributed by atoms with Crippen molar-refractivity contribution in [1.82, 2.24) is 0 Å². The molecular weight excluding hydrogens is 216 g/mol. The molecule has 1 atom stereocenters. The standard InChI is InChI=1S/C14H20O3/c1-2-3-4-5-12(15)11-6-7-13-14(10-11)17-9-8-16-13/h6-7,10,12,15H,2-5,8-9H2,1H3. The monoisotopic (exact) mass is 236 g/mol. The minimum atomic E-state index is -0.391. The van der Waals surface area contributed by atoms with Crippen LogP contribution in [0.5, 0.6) is 11.5 Å². The lowest BCUT2D eigenvalue weighted by molar-refractivity contribution is 0.157. The number of ether oxygens (including phenoxy) is 2. The van der Waals surface area contributed by atoms with E-state index in [4.69, 9.17) is 9.47 Å². The number of hydrogen-bond acceptors (Lipinski definition) is 3. The van der Waals surface area contributed by atoms with Crippen LogP contribution in [-0.2, 0) is 0 Å². The van der Waals surface area contributed by atoms with Gasteiger partial charge in [-0.25, -0.2) is 0 Å². The van der Waals surface area contributed by atoms with Gasteiger partial charge in [0.25, 0.3) is 0 Å². The van der Waals surface area contributed by atoms with E-state index in [0.29, 0.717) is 13.2 Å². The molecule has 0 aliphatic carbocycles. The molecule has 3 heteroatoms. The van der Waals surface area contributed by atoms with Gasteiger partial charge in [-0.1, -0.05) is 32.3 Å². The highest BCUT2D eigenvalue weighted by Gasteiger charge is 2.14. The van der Waals surface area contributed by atoms with Gasteiger partial charge in [-0.15, -0.1) is 0 Å². The summed E-state index contributed by atoms with van der Waals surface area (Å²) in [7, 11) is 0. The fraction of sp³-hybridized carbons (Fsp3) is 0.571. The van der Waals surface area contributed by atoms with Crippen LogP contribution in [0.3, 0.4) is 0 Å². The molecule has 0 fully saturated rings. The van der Waals surface area contributed by atoms with E-state index < -0.39 is 6.10 Å². The average molecular weight is 236 g/mol. The SMILES string of the molecule is CCCCCC(O)c1ccc2c(c1)OCCO2. The van der Waals surface area contributed by atoms with Crippen LogP contribution in [0.15, 0.2) is 18.2 Å². The third-order valence-electron chi connectivity index (χ3n) is 3.03. The van der Waals surface area contributed by atoms with Crippen LogP contribution in [0.25, 0.3) is 0 Å². The lowest BCUT2D eigenvalue weighted by Gasteiger charge is -2.20. The minimum absolute atomic E-state index is 0.391. The second-order valence-corrected chi connectivity index (χ2v) is 4.41. The summed E-state index contributed by atoms with van der Waals surface area (Å²) in [5.41, 5.74) is 0.922. The van der Waals surface area contributed by atoms with Crippen LogP contribution < -0.4 is 9.47 Å². The summed E-state index contributed by atoms with van der Waals surface area (Å²) in [6, 6.07) is 5.70. The molecule has 3 nitrogen and oxygen atoms in total. The van der Waals surface area contributed by atoms with Crippen molar-refractivity contribution in [3.8, 4) is 11.5 Å². The van der Waals surface area contributed by atoms with Crippen molar-refractivity contribution < 1.29 is 14.6 Å². The molecule has 2 rings (SSSR count). The summed E-state index contributed by atoms with van der Waals surface area (Å²) in [5, 5.41) is 10.1. The Labute approximate surface area is 102 Å². The Bertz CT molecular complexity index is 362. The Hall–Kier alpha value is -1.22. The van der Waals surface area contributed by atoms with Gasteiger partial charge in [0.1, 0.15) is 13.2 Å². The van der Waals surface area contributed by atoms with Crippen LogP contribution >= 0.6 is 0 Å². The van der Waals surface area contributed by atoms with E-state index in [2.05, 4.69) is 6.92 Å². The number of hydrogen-bond donors (Lipinski definition) is 1. The molecule has 0 radical (unpaired) electrons. The van der Waals surface area contributed by atoms with Gasteiger partial charge in [-0.3, -0.25) is 0 Å². The van der Waals surface area contributed by atoms with E-state index in [1.165, 1.54) is 12.8 Å². The van der Waals surface area contributed by atoms with Gasteiger partial charge in [0.05, 0.1) is 6.10 Å².